The predicted molar refractivity (Wildman–Crippen MR) is 90.8 cm³/mol. The van der Waals surface area contributed by atoms with Gasteiger partial charge in [0, 0.05) is 13.6 Å². The molecule has 1 heterocycles. The van der Waals surface area contributed by atoms with Crippen molar-refractivity contribution in [2.24, 2.45) is 7.05 Å². The van der Waals surface area contributed by atoms with Crippen molar-refractivity contribution in [2.45, 2.75) is 18.2 Å². The van der Waals surface area contributed by atoms with Gasteiger partial charge in [-0.25, -0.2) is 0 Å². The molecule has 0 atom stereocenters. The highest BCUT2D eigenvalue weighted by Gasteiger charge is 2.12. The molecule has 0 bridgehead atoms. The first-order valence-corrected chi connectivity index (χ1v) is 8.50. The smallest absolute Gasteiger partial charge is 0.230 e. The Hall–Kier alpha value is -2.24. The first kappa shape index (κ1) is 18.1. The molecule has 7 nitrogen and oxygen atoms in total. The van der Waals surface area contributed by atoms with E-state index in [0.717, 1.165) is 0 Å². The second-order valence-corrected chi connectivity index (χ2v) is 6.07. The number of nitrogens with one attached hydrogen (secondary N) is 1. The van der Waals surface area contributed by atoms with Crippen LogP contribution in [0.2, 0.25) is 5.02 Å². The van der Waals surface area contributed by atoms with E-state index in [1.807, 2.05) is 18.2 Å². The maximum absolute atomic E-state index is 11.6. The average Bonchev–Trinajstić information content (AvgIpc) is 2.93. The number of nitriles is 1. The van der Waals surface area contributed by atoms with Gasteiger partial charge in [0.05, 0.1) is 23.3 Å². The van der Waals surface area contributed by atoms with E-state index in [1.54, 1.807) is 23.7 Å². The van der Waals surface area contributed by atoms with Crippen LogP contribution < -0.4 is 10.1 Å². The third kappa shape index (κ3) is 5.15. The molecule has 2 rings (SSSR count). The Bertz CT molecular complexity index is 744. The number of halogens is 1. The minimum absolute atomic E-state index is 0.146. The van der Waals surface area contributed by atoms with E-state index in [0.29, 0.717) is 34.7 Å². The van der Waals surface area contributed by atoms with Crippen LogP contribution in [0.4, 0.5) is 0 Å². The molecule has 1 N–H and O–H groups in total. The van der Waals surface area contributed by atoms with E-state index < -0.39 is 0 Å². The number of carbonyl (C=O) groups excluding carboxylic acids is 1. The van der Waals surface area contributed by atoms with Crippen molar-refractivity contribution in [1.29, 1.82) is 5.26 Å². The van der Waals surface area contributed by atoms with Crippen LogP contribution in [0.1, 0.15) is 12.2 Å². The average molecular weight is 366 g/mol. The molecule has 126 valence electrons. The Labute approximate surface area is 149 Å². The number of hydrogen-bond acceptors (Lipinski definition) is 6. The molecular weight excluding hydrogens is 350 g/mol. The minimum Gasteiger partial charge on any atom is -0.484 e. The normalized spacial score (nSPS) is 10.2. The molecule has 2 aromatic rings. The zero-order valence-corrected chi connectivity index (χ0v) is 14.6. The van der Waals surface area contributed by atoms with E-state index in [2.05, 4.69) is 15.5 Å². The monoisotopic (exact) mass is 365 g/mol. The van der Waals surface area contributed by atoms with Gasteiger partial charge in [-0.3, -0.25) is 4.79 Å². The van der Waals surface area contributed by atoms with Gasteiger partial charge in [-0.2, -0.15) is 5.26 Å². The molecular formula is C15H16ClN5O2S. The lowest BCUT2D eigenvalue weighted by molar-refractivity contribution is -0.118. The number of thioether (sulfide) groups is 1. The van der Waals surface area contributed by atoms with Crippen LogP contribution in [-0.2, 0) is 18.4 Å². The van der Waals surface area contributed by atoms with Gasteiger partial charge in [0.2, 0.25) is 5.91 Å². The van der Waals surface area contributed by atoms with Crippen molar-refractivity contribution in [3.8, 4) is 11.8 Å². The highest BCUT2D eigenvalue weighted by Crippen LogP contribution is 2.24. The fraction of sp³-hybridized carbons (Fsp3) is 0.333. The van der Waals surface area contributed by atoms with Crippen molar-refractivity contribution in [3.63, 3.8) is 0 Å². The zero-order valence-electron chi connectivity index (χ0n) is 13.0. The van der Waals surface area contributed by atoms with Crippen LogP contribution in [0, 0.1) is 11.3 Å². The lowest BCUT2D eigenvalue weighted by atomic mass is 10.3. The number of para-hydroxylation sites is 1. The Balaban J connectivity index is 1.86. The van der Waals surface area contributed by atoms with E-state index >= 15 is 0 Å². The van der Waals surface area contributed by atoms with Crippen molar-refractivity contribution < 1.29 is 9.53 Å². The second kappa shape index (κ2) is 9.15. The van der Waals surface area contributed by atoms with E-state index in [4.69, 9.17) is 21.6 Å². The Morgan fingerprint density at radius 1 is 1.46 bits per heavy atom. The topological polar surface area (TPSA) is 92.8 Å². The fourth-order valence-corrected chi connectivity index (χ4v) is 2.69. The molecule has 0 radical (unpaired) electrons. The molecule has 1 aromatic carbocycles. The highest BCUT2D eigenvalue weighted by molar-refractivity contribution is 7.99. The van der Waals surface area contributed by atoms with Crippen LogP contribution in [0.5, 0.6) is 5.75 Å². The fourth-order valence-electron chi connectivity index (χ4n) is 1.74. The van der Waals surface area contributed by atoms with Gasteiger partial charge in [-0.05, 0) is 12.1 Å². The maximum Gasteiger partial charge on any atom is 0.230 e. The number of amides is 1. The summed E-state index contributed by atoms with van der Waals surface area (Å²) >= 11 is 7.31. The van der Waals surface area contributed by atoms with Crippen molar-refractivity contribution in [3.05, 3.63) is 35.1 Å². The standard InChI is InChI=1S/C15H16ClN5O2S/c1-21-13(9-23-12-6-3-2-5-11(12)16)19-20-15(21)24-10-14(22)18-8-4-7-17/h2-3,5-6H,4,8-10H2,1H3,(H,18,22). The molecule has 0 aliphatic carbocycles. The lowest BCUT2D eigenvalue weighted by Gasteiger charge is -2.07. The largest absolute Gasteiger partial charge is 0.484 e. The molecule has 0 aliphatic heterocycles. The Morgan fingerprint density at radius 2 is 2.25 bits per heavy atom. The SMILES string of the molecule is Cn1c(COc2ccccc2Cl)nnc1SCC(=O)NCCC#N. The molecule has 24 heavy (non-hydrogen) atoms. The summed E-state index contributed by atoms with van der Waals surface area (Å²) in [6.45, 7) is 0.577. The van der Waals surface area contributed by atoms with Crippen molar-refractivity contribution in [2.75, 3.05) is 12.3 Å². The van der Waals surface area contributed by atoms with Gasteiger partial charge in [0.25, 0.3) is 0 Å². The number of hydrogen-bond donors (Lipinski definition) is 1. The van der Waals surface area contributed by atoms with Gasteiger partial charge < -0.3 is 14.6 Å². The van der Waals surface area contributed by atoms with Crippen LogP contribution in [0.25, 0.3) is 0 Å². The summed E-state index contributed by atoms with van der Waals surface area (Å²) in [5.74, 6) is 1.27. The van der Waals surface area contributed by atoms with Gasteiger partial charge in [-0.15, -0.1) is 10.2 Å². The summed E-state index contributed by atoms with van der Waals surface area (Å²) < 4.78 is 7.40. The third-order valence-electron chi connectivity index (χ3n) is 3.01. The van der Waals surface area contributed by atoms with E-state index in [1.165, 1.54) is 11.8 Å². The second-order valence-electron chi connectivity index (χ2n) is 4.72. The highest BCUT2D eigenvalue weighted by atomic mass is 35.5. The van der Waals surface area contributed by atoms with Gasteiger partial charge in [0.15, 0.2) is 11.0 Å². The number of benzene rings is 1. The summed E-state index contributed by atoms with van der Waals surface area (Å²) in [6.07, 6.45) is 0.296. The minimum atomic E-state index is -0.146. The van der Waals surface area contributed by atoms with Crippen LogP contribution >= 0.6 is 23.4 Å². The van der Waals surface area contributed by atoms with Crippen molar-refractivity contribution >= 4 is 29.3 Å². The molecule has 1 aromatic heterocycles. The van der Waals surface area contributed by atoms with E-state index in [9.17, 15) is 4.79 Å². The molecule has 0 aliphatic rings. The number of nitrogens with zero attached hydrogens (tertiary/aromatic N) is 4. The Kier molecular flexibility index (Phi) is 6.90. The molecule has 0 saturated carbocycles. The molecule has 0 saturated heterocycles. The first-order valence-electron chi connectivity index (χ1n) is 7.14. The van der Waals surface area contributed by atoms with Crippen LogP contribution in [0.3, 0.4) is 0 Å². The molecule has 1 amide bonds. The van der Waals surface area contributed by atoms with Crippen LogP contribution in [-0.4, -0.2) is 33.0 Å². The molecule has 0 spiro atoms. The van der Waals surface area contributed by atoms with Crippen molar-refractivity contribution in [1.82, 2.24) is 20.1 Å². The molecule has 0 unspecified atom stereocenters. The third-order valence-corrected chi connectivity index (χ3v) is 4.34. The first-order chi connectivity index (χ1) is 11.6. The van der Waals surface area contributed by atoms with Gasteiger partial charge in [-0.1, -0.05) is 35.5 Å². The summed E-state index contributed by atoms with van der Waals surface area (Å²) in [4.78, 5) is 11.6. The number of ether oxygens (including phenoxy) is 1. The summed E-state index contributed by atoms with van der Waals surface area (Å²) in [5.41, 5.74) is 0. The number of rotatable bonds is 8. The summed E-state index contributed by atoms with van der Waals surface area (Å²) in [7, 11) is 1.81. The quantitative estimate of drug-likeness (QED) is 0.569. The van der Waals surface area contributed by atoms with Crippen LogP contribution in [0.15, 0.2) is 29.4 Å². The summed E-state index contributed by atoms with van der Waals surface area (Å²) in [6, 6.07) is 9.16. The number of aromatic nitrogens is 3. The predicted octanol–water partition coefficient (Wildman–Crippen LogP) is 2.17. The maximum atomic E-state index is 11.6. The lowest BCUT2D eigenvalue weighted by Crippen LogP contribution is -2.26. The summed E-state index contributed by atoms with van der Waals surface area (Å²) in [5, 5.41) is 20.3. The number of carbonyl (C=O) groups is 1. The van der Waals surface area contributed by atoms with E-state index in [-0.39, 0.29) is 18.3 Å². The molecule has 0 fully saturated rings. The van der Waals surface area contributed by atoms with Gasteiger partial charge >= 0.3 is 0 Å². The Morgan fingerprint density at radius 3 is 3.00 bits per heavy atom. The molecule has 9 heteroatoms. The van der Waals surface area contributed by atoms with Gasteiger partial charge in [0.1, 0.15) is 12.4 Å². The zero-order chi connectivity index (χ0) is 17.4.